The van der Waals surface area contributed by atoms with E-state index >= 15 is 0 Å². The summed E-state index contributed by atoms with van der Waals surface area (Å²) in [7, 11) is 0. The van der Waals surface area contributed by atoms with Crippen LogP contribution in [0.2, 0.25) is 5.02 Å². The molecule has 0 spiro atoms. The van der Waals surface area contributed by atoms with Gasteiger partial charge in [-0.05, 0) is 31.5 Å². The third-order valence-electron chi connectivity index (χ3n) is 4.15. The average molecular weight is 347 g/mol. The fourth-order valence-corrected chi connectivity index (χ4v) is 2.95. The van der Waals surface area contributed by atoms with E-state index in [1.165, 1.54) is 0 Å². The monoisotopic (exact) mass is 346 g/mol. The molecule has 1 saturated heterocycles. The molecule has 1 fully saturated rings. The Labute approximate surface area is 145 Å². The molecule has 0 unspecified atom stereocenters. The number of benzene rings is 1. The summed E-state index contributed by atoms with van der Waals surface area (Å²) < 4.78 is 5.44. The molecule has 0 radical (unpaired) electrons. The number of aromatic nitrogens is 1. The van der Waals surface area contributed by atoms with Gasteiger partial charge in [0.25, 0.3) is 0 Å². The maximum absolute atomic E-state index is 12.2. The highest BCUT2D eigenvalue weighted by Gasteiger charge is 2.21. The van der Waals surface area contributed by atoms with Gasteiger partial charge in [-0.25, -0.2) is 9.78 Å². The van der Waals surface area contributed by atoms with Crippen molar-refractivity contribution in [2.24, 2.45) is 0 Å². The topological polar surface area (TPSA) is 59.5 Å². The first-order valence-corrected chi connectivity index (χ1v) is 8.46. The lowest BCUT2D eigenvalue weighted by Crippen LogP contribution is -2.29. The molecule has 1 aromatic heterocycles. The lowest BCUT2D eigenvalue weighted by molar-refractivity contribution is -0.127. The van der Waals surface area contributed by atoms with Crippen LogP contribution in [0.1, 0.15) is 36.7 Å². The summed E-state index contributed by atoms with van der Waals surface area (Å²) in [6.45, 7) is 3.25. The summed E-state index contributed by atoms with van der Waals surface area (Å²) in [5, 5.41) is 1.49. The summed E-state index contributed by atoms with van der Waals surface area (Å²) in [6.07, 6.45) is 1.88. The molecule has 1 atom stereocenters. The van der Waals surface area contributed by atoms with Crippen molar-refractivity contribution in [1.82, 2.24) is 9.88 Å². The van der Waals surface area contributed by atoms with Gasteiger partial charge in [0, 0.05) is 36.3 Å². The minimum Gasteiger partial charge on any atom is -0.458 e. The van der Waals surface area contributed by atoms with Gasteiger partial charge in [0.15, 0.2) is 0 Å². The van der Waals surface area contributed by atoms with E-state index in [0.717, 1.165) is 18.4 Å². The highest BCUT2D eigenvalue weighted by molar-refractivity contribution is 6.31. The molecule has 0 bridgehead atoms. The molecule has 24 heavy (non-hydrogen) atoms. The smallest absolute Gasteiger partial charge is 0.357 e. The van der Waals surface area contributed by atoms with E-state index in [9.17, 15) is 9.59 Å². The molecule has 1 aliphatic heterocycles. The zero-order valence-electron chi connectivity index (χ0n) is 13.5. The Hall–Kier alpha value is -2.14. The van der Waals surface area contributed by atoms with Gasteiger partial charge >= 0.3 is 5.97 Å². The highest BCUT2D eigenvalue weighted by Crippen LogP contribution is 2.19. The third-order valence-corrected chi connectivity index (χ3v) is 4.38. The van der Waals surface area contributed by atoms with Gasteiger partial charge in [0.05, 0.1) is 5.52 Å². The minimum atomic E-state index is -0.461. The predicted octanol–water partition coefficient (Wildman–Crippen LogP) is 3.45. The Morgan fingerprint density at radius 1 is 1.38 bits per heavy atom. The van der Waals surface area contributed by atoms with Gasteiger partial charge in [-0.2, -0.15) is 0 Å². The molecular formula is C18H19ClN2O3. The van der Waals surface area contributed by atoms with Gasteiger partial charge in [-0.3, -0.25) is 4.79 Å². The van der Waals surface area contributed by atoms with E-state index in [4.69, 9.17) is 16.3 Å². The first-order valence-electron chi connectivity index (χ1n) is 8.08. The van der Waals surface area contributed by atoms with Gasteiger partial charge < -0.3 is 9.64 Å². The number of nitrogens with zero attached hydrogens (tertiary/aromatic N) is 2. The van der Waals surface area contributed by atoms with Crippen LogP contribution in [0.3, 0.4) is 0 Å². The van der Waals surface area contributed by atoms with Crippen LogP contribution in [0.5, 0.6) is 0 Å². The molecule has 6 heteroatoms. The van der Waals surface area contributed by atoms with Gasteiger partial charge in [0.2, 0.25) is 5.91 Å². The molecule has 3 rings (SSSR count). The standard InChI is InChI=1S/C18H19ClN2O3/c1-12(8-10-21-9-2-3-17(21)22)24-18(23)15-7-5-13-4-6-14(19)11-16(13)20-15/h4-7,11-12H,2-3,8-10H2,1H3/t12-/m0/s1. The van der Waals surface area contributed by atoms with Crippen molar-refractivity contribution in [3.63, 3.8) is 0 Å². The van der Waals surface area contributed by atoms with Crippen LogP contribution in [0, 0.1) is 0 Å². The summed E-state index contributed by atoms with van der Waals surface area (Å²) in [5.41, 5.74) is 0.918. The molecule has 0 N–H and O–H groups in total. The predicted molar refractivity (Wildman–Crippen MR) is 92.1 cm³/mol. The third kappa shape index (κ3) is 3.85. The van der Waals surface area contributed by atoms with E-state index in [0.29, 0.717) is 29.9 Å². The molecule has 2 heterocycles. The average Bonchev–Trinajstić information content (AvgIpc) is 2.97. The largest absolute Gasteiger partial charge is 0.458 e. The molecule has 5 nitrogen and oxygen atoms in total. The Morgan fingerprint density at radius 2 is 2.17 bits per heavy atom. The zero-order valence-corrected chi connectivity index (χ0v) is 14.3. The Balaban J connectivity index is 1.60. The molecule has 0 aliphatic carbocycles. The van der Waals surface area contributed by atoms with E-state index in [1.807, 2.05) is 24.0 Å². The molecule has 126 valence electrons. The van der Waals surface area contributed by atoms with Crippen LogP contribution in [0.15, 0.2) is 30.3 Å². The Morgan fingerprint density at radius 3 is 2.92 bits per heavy atom. The number of likely N-dealkylation sites (tertiary alicyclic amines) is 1. The minimum absolute atomic E-state index is 0.182. The van der Waals surface area contributed by atoms with Crippen molar-refractivity contribution >= 4 is 34.4 Å². The SMILES string of the molecule is C[C@@H](CCN1CCCC1=O)OC(=O)c1ccc2ccc(Cl)cc2n1. The van der Waals surface area contributed by atoms with Crippen LogP contribution in [-0.4, -0.2) is 41.0 Å². The first kappa shape index (κ1) is 16.7. The number of hydrogen-bond donors (Lipinski definition) is 0. The number of pyridine rings is 1. The highest BCUT2D eigenvalue weighted by atomic mass is 35.5. The summed E-state index contributed by atoms with van der Waals surface area (Å²) >= 11 is 5.96. The Bertz CT molecular complexity index is 778. The zero-order chi connectivity index (χ0) is 17.1. The van der Waals surface area contributed by atoms with E-state index in [2.05, 4.69) is 4.98 Å². The van der Waals surface area contributed by atoms with Gasteiger partial charge in [-0.15, -0.1) is 0 Å². The second-order valence-corrected chi connectivity index (χ2v) is 6.46. The summed E-state index contributed by atoms with van der Waals surface area (Å²) in [5.74, 6) is -0.279. The van der Waals surface area contributed by atoms with Crippen molar-refractivity contribution < 1.29 is 14.3 Å². The summed E-state index contributed by atoms with van der Waals surface area (Å²) in [4.78, 5) is 30.0. The maximum atomic E-state index is 12.2. The second kappa shape index (κ2) is 7.18. The number of carbonyl (C=O) groups excluding carboxylic acids is 2. The van der Waals surface area contributed by atoms with E-state index in [1.54, 1.807) is 18.2 Å². The lowest BCUT2D eigenvalue weighted by Gasteiger charge is -2.19. The Kier molecular flexibility index (Phi) is 5.00. The fraction of sp³-hybridized carbons (Fsp3) is 0.389. The molecule has 1 aliphatic rings. The molecule has 0 saturated carbocycles. The van der Waals surface area contributed by atoms with Crippen LogP contribution < -0.4 is 0 Å². The number of amides is 1. The van der Waals surface area contributed by atoms with Gasteiger partial charge in [-0.1, -0.05) is 23.7 Å². The molecule has 2 aromatic rings. The summed E-state index contributed by atoms with van der Waals surface area (Å²) in [6, 6.07) is 8.83. The quantitative estimate of drug-likeness (QED) is 0.778. The number of ether oxygens (including phenoxy) is 1. The number of rotatable bonds is 5. The van der Waals surface area contributed by atoms with Crippen LogP contribution >= 0.6 is 11.6 Å². The first-order chi connectivity index (χ1) is 11.5. The van der Waals surface area contributed by atoms with Crippen molar-refractivity contribution in [3.8, 4) is 0 Å². The van der Waals surface area contributed by atoms with E-state index in [-0.39, 0.29) is 17.7 Å². The van der Waals surface area contributed by atoms with Crippen LogP contribution in [0.4, 0.5) is 0 Å². The lowest BCUT2D eigenvalue weighted by atomic mass is 10.2. The molecule has 1 amide bonds. The van der Waals surface area contributed by atoms with Crippen molar-refractivity contribution in [1.29, 1.82) is 0 Å². The number of esters is 1. The number of hydrogen-bond acceptors (Lipinski definition) is 4. The fourth-order valence-electron chi connectivity index (χ4n) is 2.78. The van der Waals surface area contributed by atoms with Crippen molar-refractivity contribution in [3.05, 3.63) is 41.0 Å². The van der Waals surface area contributed by atoms with Crippen molar-refractivity contribution in [2.45, 2.75) is 32.3 Å². The van der Waals surface area contributed by atoms with Crippen LogP contribution in [-0.2, 0) is 9.53 Å². The second-order valence-electron chi connectivity index (χ2n) is 6.02. The number of halogens is 1. The molecular weight excluding hydrogens is 328 g/mol. The number of fused-ring (bicyclic) bond motifs is 1. The van der Waals surface area contributed by atoms with Gasteiger partial charge in [0.1, 0.15) is 11.8 Å². The maximum Gasteiger partial charge on any atom is 0.357 e. The van der Waals surface area contributed by atoms with Crippen molar-refractivity contribution in [2.75, 3.05) is 13.1 Å². The number of carbonyl (C=O) groups is 2. The van der Waals surface area contributed by atoms with Crippen LogP contribution in [0.25, 0.3) is 10.9 Å². The molecule has 1 aromatic carbocycles. The van der Waals surface area contributed by atoms with E-state index < -0.39 is 5.97 Å². The normalized spacial score (nSPS) is 15.8.